The van der Waals surface area contributed by atoms with E-state index in [1.807, 2.05) is 0 Å². The van der Waals surface area contributed by atoms with Crippen LogP contribution in [0.15, 0.2) is 0 Å². The van der Waals surface area contributed by atoms with E-state index in [-0.39, 0.29) is 70.3 Å². The number of Topliss-reactive ketones (excluding diaryl/α,β-unsaturated/α-hetero) is 2. The number of esters is 1. The summed E-state index contributed by atoms with van der Waals surface area (Å²) in [5, 5.41) is 2.99. The second kappa shape index (κ2) is 24.7. The average Bonchev–Trinajstić information content (AvgIpc) is 3.34. The fraction of sp³-hybridized carbons (Fsp3) is 0.781. The van der Waals surface area contributed by atoms with Crippen molar-refractivity contribution in [2.24, 2.45) is 5.92 Å². The monoisotopic (exact) mass is 704 g/mol. The van der Waals surface area contributed by atoms with Crippen molar-refractivity contribution in [3.05, 3.63) is 0 Å². The largest absolute Gasteiger partial charge is 0.460 e. The molecule has 1 aliphatic heterocycles. The highest BCUT2D eigenvalue weighted by molar-refractivity contribution is 6.03. The van der Waals surface area contributed by atoms with Crippen LogP contribution in [0.5, 0.6) is 0 Å². The maximum Gasteiger partial charge on any atom is 0.340 e. The molecule has 17 heteroatoms. The van der Waals surface area contributed by atoms with Gasteiger partial charge in [0.1, 0.15) is 24.4 Å². The van der Waals surface area contributed by atoms with Crippen molar-refractivity contribution in [2.45, 2.75) is 84.0 Å². The Hall–Kier alpha value is -3.35. The molecule has 1 N–H and O–H groups in total. The van der Waals surface area contributed by atoms with Gasteiger partial charge < -0.3 is 43.3 Å². The molecule has 3 amide bonds. The van der Waals surface area contributed by atoms with Gasteiger partial charge in [-0.05, 0) is 33.6 Å². The van der Waals surface area contributed by atoms with Crippen LogP contribution in [-0.2, 0) is 71.6 Å². The summed E-state index contributed by atoms with van der Waals surface area (Å²) in [4.78, 5) is 89.6. The summed E-state index contributed by atoms with van der Waals surface area (Å²) in [5.41, 5.74) is -0.852. The van der Waals surface area contributed by atoms with Gasteiger partial charge in [-0.3, -0.25) is 28.8 Å². The van der Waals surface area contributed by atoms with Crippen molar-refractivity contribution >= 4 is 41.2 Å². The molecule has 280 valence electrons. The van der Waals surface area contributed by atoms with Gasteiger partial charge in [0.2, 0.25) is 5.91 Å². The highest BCUT2D eigenvalue weighted by Gasteiger charge is 2.34. The Kier molecular flexibility index (Phi) is 22.0. The van der Waals surface area contributed by atoms with Crippen LogP contribution >= 0.6 is 0 Å². The molecule has 0 aromatic carbocycles. The summed E-state index contributed by atoms with van der Waals surface area (Å²) >= 11 is 0. The van der Waals surface area contributed by atoms with E-state index in [9.17, 15) is 33.6 Å². The highest BCUT2D eigenvalue weighted by Crippen LogP contribution is 2.20. The van der Waals surface area contributed by atoms with Crippen molar-refractivity contribution in [1.82, 2.24) is 10.4 Å². The lowest BCUT2D eigenvalue weighted by Gasteiger charge is -2.23. The SMILES string of the molecule is COC(COCCOCCCC(=O)COCCOCCNC(=O)CCC(CC(=O)CC(=O)ON1C(=O)CCC1=O)C(=O)OC(C)(C)C)OC. The number of amides is 3. The van der Waals surface area contributed by atoms with Gasteiger partial charge in [-0.25, -0.2) is 4.79 Å². The van der Waals surface area contributed by atoms with Gasteiger partial charge in [-0.15, -0.1) is 5.06 Å². The first-order chi connectivity index (χ1) is 23.2. The van der Waals surface area contributed by atoms with E-state index in [1.54, 1.807) is 20.8 Å². The number of hydrogen-bond donors (Lipinski definition) is 1. The van der Waals surface area contributed by atoms with E-state index in [2.05, 4.69) is 5.32 Å². The minimum Gasteiger partial charge on any atom is -0.460 e. The molecule has 1 aliphatic rings. The molecular weight excluding hydrogens is 652 g/mol. The molecule has 17 nitrogen and oxygen atoms in total. The average molecular weight is 705 g/mol. The quantitative estimate of drug-likeness (QED) is 0.0393. The second-order valence-electron chi connectivity index (χ2n) is 12.0. The first kappa shape index (κ1) is 43.7. The number of carbonyl (C=O) groups excluding carboxylic acids is 7. The Morgan fingerprint density at radius 2 is 1.41 bits per heavy atom. The van der Waals surface area contributed by atoms with Crippen LogP contribution < -0.4 is 5.32 Å². The number of carbonyl (C=O) groups is 7. The fourth-order valence-electron chi connectivity index (χ4n) is 4.13. The molecular formula is C32H52N2O15. The second-order valence-corrected chi connectivity index (χ2v) is 12.0. The van der Waals surface area contributed by atoms with Gasteiger partial charge >= 0.3 is 11.9 Å². The standard InChI is InChI=1S/C32H52N2O15/c1-32(2,3)48-31(41)23(19-25(36)20-29(40)49-34-27(38)10-11-28(34)39)8-9-26(37)33-12-14-45-16-17-46-21-24(35)7-6-13-44-15-18-47-22-30(42-4)43-5/h23,30H,6-22H2,1-5H3,(H,33,37). The van der Waals surface area contributed by atoms with Crippen LogP contribution in [0.1, 0.15) is 72.1 Å². The topological polar surface area (TPSA) is 209 Å². The molecule has 1 saturated heterocycles. The molecule has 0 aliphatic carbocycles. The summed E-state index contributed by atoms with van der Waals surface area (Å²) in [6.45, 7) is 7.19. The molecule has 1 unspecified atom stereocenters. The van der Waals surface area contributed by atoms with Crippen LogP contribution in [0.3, 0.4) is 0 Å². The summed E-state index contributed by atoms with van der Waals surface area (Å²) < 4.78 is 36.9. The van der Waals surface area contributed by atoms with E-state index in [0.717, 1.165) is 0 Å². The Morgan fingerprint density at radius 3 is 2.04 bits per heavy atom. The number of nitrogens with zero attached hydrogens (tertiary/aromatic N) is 1. The minimum atomic E-state index is -1.11. The van der Waals surface area contributed by atoms with E-state index in [1.165, 1.54) is 14.2 Å². The normalized spacial score (nSPS) is 13.9. The third-order valence-corrected chi connectivity index (χ3v) is 6.57. The van der Waals surface area contributed by atoms with Crippen LogP contribution in [0.4, 0.5) is 0 Å². The third-order valence-electron chi connectivity index (χ3n) is 6.57. The lowest BCUT2D eigenvalue weighted by Crippen LogP contribution is -2.34. The Morgan fingerprint density at radius 1 is 0.796 bits per heavy atom. The predicted octanol–water partition coefficient (Wildman–Crippen LogP) is 0.832. The van der Waals surface area contributed by atoms with Crippen molar-refractivity contribution in [3.63, 3.8) is 0 Å². The number of rotatable bonds is 28. The summed E-state index contributed by atoms with van der Waals surface area (Å²) in [5.74, 6) is -5.31. The summed E-state index contributed by atoms with van der Waals surface area (Å²) in [7, 11) is 3.05. The first-order valence-corrected chi connectivity index (χ1v) is 16.2. The molecule has 0 saturated carbocycles. The predicted molar refractivity (Wildman–Crippen MR) is 168 cm³/mol. The van der Waals surface area contributed by atoms with Crippen molar-refractivity contribution in [2.75, 3.05) is 73.6 Å². The Balaban J connectivity index is 2.21. The van der Waals surface area contributed by atoms with E-state index in [4.69, 9.17) is 38.0 Å². The van der Waals surface area contributed by atoms with Crippen LogP contribution in [0, 0.1) is 5.92 Å². The number of ether oxygens (including phenoxy) is 7. The van der Waals surface area contributed by atoms with Crippen molar-refractivity contribution in [3.8, 4) is 0 Å². The smallest absolute Gasteiger partial charge is 0.340 e. The number of hydrogen-bond acceptors (Lipinski definition) is 15. The number of imide groups is 1. The maximum atomic E-state index is 12.7. The number of ketones is 2. The molecule has 1 atom stereocenters. The minimum absolute atomic E-state index is 0.0297. The van der Waals surface area contributed by atoms with Gasteiger partial charge in [0.15, 0.2) is 12.1 Å². The molecule has 0 radical (unpaired) electrons. The zero-order valence-electron chi connectivity index (χ0n) is 29.2. The van der Waals surface area contributed by atoms with Gasteiger partial charge in [-0.2, -0.15) is 0 Å². The maximum absolute atomic E-state index is 12.7. The van der Waals surface area contributed by atoms with E-state index >= 15 is 0 Å². The molecule has 1 heterocycles. The van der Waals surface area contributed by atoms with Gasteiger partial charge in [-0.1, -0.05) is 0 Å². The van der Waals surface area contributed by atoms with Gasteiger partial charge in [0.05, 0.1) is 45.6 Å². The van der Waals surface area contributed by atoms with E-state index < -0.39 is 60.2 Å². The van der Waals surface area contributed by atoms with Crippen LogP contribution in [-0.4, -0.2) is 132 Å². The lowest BCUT2D eigenvalue weighted by molar-refractivity contribution is -0.197. The zero-order valence-corrected chi connectivity index (χ0v) is 29.2. The molecule has 0 aromatic heterocycles. The molecule has 0 aromatic rings. The van der Waals surface area contributed by atoms with Crippen LogP contribution in [0.25, 0.3) is 0 Å². The van der Waals surface area contributed by atoms with E-state index in [0.29, 0.717) is 44.3 Å². The van der Waals surface area contributed by atoms with Gasteiger partial charge in [0.25, 0.3) is 11.8 Å². The molecule has 0 bridgehead atoms. The van der Waals surface area contributed by atoms with Crippen molar-refractivity contribution < 1.29 is 71.6 Å². The Bertz CT molecular complexity index is 1060. The number of hydroxylamine groups is 2. The molecule has 1 fully saturated rings. The molecule has 49 heavy (non-hydrogen) atoms. The summed E-state index contributed by atoms with van der Waals surface area (Å²) in [6.07, 6.45) is -1.02. The van der Waals surface area contributed by atoms with Gasteiger partial charge in [0, 0.05) is 59.5 Å². The highest BCUT2D eigenvalue weighted by atomic mass is 16.7. The zero-order chi connectivity index (χ0) is 36.7. The first-order valence-electron chi connectivity index (χ1n) is 16.2. The summed E-state index contributed by atoms with van der Waals surface area (Å²) in [6, 6.07) is 0. The number of methoxy groups -OCH3 is 2. The molecule has 1 rings (SSSR count). The lowest BCUT2D eigenvalue weighted by atomic mass is 9.95. The molecule has 0 spiro atoms. The van der Waals surface area contributed by atoms with Crippen molar-refractivity contribution in [1.29, 1.82) is 0 Å². The number of nitrogens with one attached hydrogen (secondary N) is 1. The van der Waals surface area contributed by atoms with Crippen LogP contribution in [0.2, 0.25) is 0 Å². The third kappa shape index (κ3) is 21.4. The Labute approximate surface area is 286 Å². The fourth-order valence-corrected chi connectivity index (χ4v) is 4.13.